The molecule has 1 aliphatic carbocycles. The molecule has 128 valence electrons. The lowest BCUT2D eigenvalue weighted by Gasteiger charge is -2.16. The molecule has 0 heterocycles. The Morgan fingerprint density at radius 2 is 1.32 bits per heavy atom. The number of rotatable bonds is 4. The Hall–Kier alpha value is -1.44. The van der Waals surface area contributed by atoms with Crippen molar-refractivity contribution in [3.63, 3.8) is 0 Å². The quantitative estimate of drug-likeness (QED) is 0.425. The van der Waals surface area contributed by atoms with Crippen LogP contribution in [0.3, 0.4) is 0 Å². The summed E-state index contributed by atoms with van der Waals surface area (Å²) in [6.45, 7) is 0. The van der Waals surface area contributed by atoms with Gasteiger partial charge in [0.15, 0.2) is 0 Å². The molecule has 1 aliphatic rings. The molecule has 22 heavy (non-hydrogen) atoms. The highest BCUT2D eigenvalue weighted by molar-refractivity contribution is 7.88. The first-order chi connectivity index (χ1) is 9.66. The van der Waals surface area contributed by atoms with Crippen LogP contribution in [0, 0.1) is 0 Å². The van der Waals surface area contributed by atoms with Crippen molar-refractivity contribution in [3.8, 4) is 0 Å². The summed E-state index contributed by atoms with van der Waals surface area (Å²) in [5.41, 5.74) is -11.5. The van der Waals surface area contributed by atoms with Crippen molar-refractivity contribution in [2.75, 3.05) is 0 Å². The van der Waals surface area contributed by atoms with Gasteiger partial charge in [0.2, 0.25) is 0 Å². The summed E-state index contributed by atoms with van der Waals surface area (Å²) in [6.07, 6.45) is 0.433. The first kappa shape index (κ1) is 18.6. The van der Waals surface area contributed by atoms with Crippen LogP contribution in [0.4, 0.5) is 26.3 Å². The zero-order chi connectivity index (χ0) is 17.4. The Morgan fingerprint density at radius 3 is 1.77 bits per heavy atom. The Kier molecular flexibility index (Phi) is 4.77. The van der Waals surface area contributed by atoms with E-state index in [0.717, 1.165) is 6.08 Å². The van der Waals surface area contributed by atoms with E-state index in [-0.39, 0.29) is 6.42 Å². The highest BCUT2D eigenvalue weighted by atomic mass is 32.2. The number of hydrogen-bond donors (Lipinski definition) is 0. The molecule has 0 bridgehead atoms. The predicted octanol–water partition coefficient (Wildman–Crippen LogP) is 2.28. The first-order valence-electron chi connectivity index (χ1n) is 5.08. The largest absolute Gasteiger partial charge is 0.534 e. The summed E-state index contributed by atoms with van der Waals surface area (Å²) in [6, 6.07) is 0. The van der Waals surface area contributed by atoms with Gasteiger partial charge < -0.3 is 8.37 Å². The fourth-order valence-corrected chi connectivity index (χ4v) is 2.10. The van der Waals surface area contributed by atoms with Crippen molar-refractivity contribution in [3.05, 3.63) is 23.7 Å². The van der Waals surface area contributed by atoms with E-state index in [1.807, 2.05) is 0 Å². The molecule has 1 rings (SSSR count). The van der Waals surface area contributed by atoms with Crippen molar-refractivity contribution in [2.24, 2.45) is 0 Å². The zero-order valence-electron chi connectivity index (χ0n) is 10.1. The van der Waals surface area contributed by atoms with E-state index in [2.05, 4.69) is 8.37 Å². The van der Waals surface area contributed by atoms with Crippen LogP contribution >= 0.6 is 0 Å². The smallest absolute Gasteiger partial charge is 0.380 e. The molecule has 0 atom stereocenters. The Morgan fingerprint density at radius 1 is 0.864 bits per heavy atom. The number of alkyl halides is 6. The van der Waals surface area contributed by atoms with Crippen LogP contribution in [-0.2, 0) is 28.6 Å². The highest BCUT2D eigenvalue weighted by Gasteiger charge is 2.50. The summed E-state index contributed by atoms with van der Waals surface area (Å²) in [4.78, 5) is 0. The normalized spacial score (nSPS) is 17.5. The van der Waals surface area contributed by atoms with Crippen LogP contribution in [0.15, 0.2) is 23.7 Å². The molecular weight excluding hydrogens is 370 g/mol. The summed E-state index contributed by atoms with van der Waals surface area (Å²) < 4.78 is 123. The molecule has 0 spiro atoms. The van der Waals surface area contributed by atoms with Gasteiger partial charge in [-0.05, 0) is 12.5 Å². The minimum Gasteiger partial charge on any atom is -0.380 e. The van der Waals surface area contributed by atoms with Crippen molar-refractivity contribution >= 4 is 20.2 Å². The molecule has 0 amide bonds. The van der Waals surface area contributed by atoms with Crippen molar-refractivity contribution < 1.29 is 51.5 Å². The maximum atomic E-state index is 12.1. The van der Waals surface area contributed by atoms with Crippen LogP contribution in [0.1, 0.15) is 12.8 Å². The second-order valence-electron chi connectivity index (χ2n) is 3.72. The Bertz CT molecular complexity index is 696. The second kappa shape index (κ2) is 5.64. The summed E-state index contributed by atoms with van der Waals surface area (Å²) >= 11 is 0. The van der Waals surface area contributed by atoms with Crippen LogP contribution in [0.2, 0.25) is 0 Å². The van der Waals surface area contributed by atoms with Crippen LogP contribution in [0.5, 0.6) is 0 Å². The van der Waals surface area contributed by atoms with Gasteiger partial charge in [0.25, 0.3) is 0 Å². The third-order valence-corrected chi connectivity index (χ3v) is 4.01. The fraction of sp³-hybridized carbons (Fsp3) is 0.500. The van der Waals surface area contributed by atoms with E-state index in [1.54, 1.807) is 0 Å². The number of halogens is 6. The molecule has 0 radical (unpaired) electrons. The van der Waals surface area contributed by atoms with Gasteiger partial charge in [0, 0.05) is 12.5 Å². The van der Waals surface area contributed by atoms with E-state index in [4.69, 9.17) is 0 Å². The molecule has 0 aliphatic heterocycles. The second-order valence-corrected chi connectivity index (χ2v) is 6.80. The van der Waals surface area contributed by atoms with Crippen LogP contribution in [0.25, 0.3) is 0 Å². The average molecular weight is 376 g/mol. The maximum Gasteiger partial charge on any atom is 0.534 e. The average Bonchev–Trinajstić information content (AvgIpc) is 2.24. The van der Waals surface area contributed by atoms with Crippen molar-refractivity contribution in [1.29, 1.82) is 0 Å². The molecule has 0 aromatic heterocycles. The molecule has 0 saturated heterocycles. The molecule has 0 aromatic rings. The topological polar surface area (TPSA) is 86.7 Å². The molecule has 6 nitrogen and oxygen atoms in total. The number of hydrogen-bond acceptors (Lipinski definition) is 6. The van der Waals surface area contributed by atoms with Crippen LogP contribution < -0.4 is 0 Å². The fourth-order valence-electron chi connectivity index (χ4n) is 1.13. The van der Waals surface area contributed by atoms with Gasteiger partial charge in [0.05, 0.1) is 0 Å². The molecular formula is C8H6F6O6S2. The monoisotopic (exact) mass is 376 g/mol. The predicted molar refractivity (Wildman–Crippen MR) is 57.5 cm³/mol. The maximum absolute atomic E-state index is 12.1. The van der Waals surface area contributed by atoms with E-state index >= 15 is 0 Å². The third-order valence-electron chi connectivity index (χ3n) is 2.03. The molecule has 0 saturated carbocycles. The Labute approximate surface area is 120 Å². The van der Waals surface area contributed by atoms with Gasteiger partial charge in [-0.25, -0.2) is 0 Å². The standard InChI is InChI=1S/C8H6F6O6S2/c9-7(10,11)21(15,16)19-5-2-1-3-6(4-5)20-22(17,18)8(12,13)14/h2,4H,1,3H2. The van der Waals surface area contributed by atoms with Crippen molar-refractivity contribution in [1.82, 2.24) is 0 Å². The van der Waals surface area contributed by atoms with Gasteiger partial charge >= 0.3 is 31.3 Å². The lowest BCUT2D eigenvalue weighted by atomic mass is 10.1. The highest BCUT2D eigenvalue weighted by Crippen LogP contribution is 2.32. The van der Waals surface area contributed by atoms with Gasteiger partial charge in [-0.3, -0.25) is 0 Å². The van der Waals surface area contributed by atoms with Gasteiger partial charge in [-0.1, -0.05) is 0 Å². The third kappa shape index (κ3) is 4.28. The van der Waals surface area contributed by atoms with E-state index in [1.165, 1.54) is 0 Å². The van der Waals surface area contributed by atoms with E-state index in [0.29, 0.717) is 6.08 Å². The van der Waals surface area contributed by atoms with Crippen molar-refractivity contribution in [2.45, 2.75) is 23.9 Å². The van der Waals surface area contributed by atoms with Gasteiger partial charge in [0.1, 0.15) is 11.5 Å². The Balaban J connectivity index is 2.97. The lowest BCUT2D eigenvalue weighted by Crippen LogP contribution is -2.26. The first-order valence-corrected chi connectivity index (χ1v) is 7.89. The molecule has 0 fully saturated rings. The minimum atomic E-state index is -6.03. The lowest BCUT2D eigenvalue weighted by molar-refractivity contribution is -0.0523. The van der Waals surface area contributed by atoms with Crippen LogP contribution in [-0.4, -0.2) is 27.9 Å². The van der Waals surface area contributed by atoms with E-state index in [9.17, 15) is 43.2 Å². The summed E-state index contributed by atoms with van der Waals surface area (Å²) in [5, 5.41) is 0. The summed E-state index contributed by atoms with van der Waals surface area (Å²) in [5.74, 6) is -1.91. The number of allylic oxidation sites excluding steroid dienone is 3. The minimum absolute atomic E-state index is 0.290. The SMILES string of the molecule is O=S(=O)(OC1=CCCC(OS(=O)(=O)C(F)(F)F)=C1)C(F)(F)F. The zero-order valence-corrected chi connectivity index (χ0v) is 11.7. The van der Waals surface area contributed by atoms with Gasteiger partial charge in [-0.15, -0.1) is 0 Å². The molecule has 14 heteroatoms. The molecule has 0 unspecified atom stereocenters. The van der Waals surface area contributed by atoms with Gasteiger partial charge in [-0.2, -0.15) is 43.2 Å². The summed E-state index contributed by atoms with van der Waals surface area (Å²) in [7, 11) is -12.0. The van der Waals surface area contributed by atoms with E-state index < -0.39 is 49.2 Å². The molecule has 0 aromatic carbocycles. The molecule has 0 N–H and O–H groups in total.